The summed E-state index contributed by atoms with van der Waals surface area (Å²) in [5.74, 6) is 0. The minimum absolute atomic E-state index is 0. The van der Waals surface area contributed by atoms with Crippen LogP contribution in [0, 0.1) is 0 Å². The molecule has 0 spiro atoms. The van der Waals surface area contributed by atoms with Crippen LogP contribution in [0.2, 0.25) is 0 Å². The molecule has 68 valence electrons. The topological polar surface area (TPSA) is 114 Å². The van der Waals surface area contributed by atoms with Crippen LogP contribution in [0.25, 0.3) is 0 Å². The van der Waals surface area contributed by atoms with Crippen LogP contribution < -0.4 is 59.1 Å². The molecule has 0 aromatic rings. The zero-order chi connectivity index (χ0) is 9.12. The van der Waals surface area contributed by atoms with Gasteiger partial charge in [-0.05, 0) is 21.6 Å². The fourth-order valence-corrected chi connectivity index (χ4v) is 4.77. The minimum Gasteiger partial charge on any atom is -0.739 e. The van der Waals surface area contributed by atoms with E-state index in [-0.39, 0.29) is 80.7 Å². The molecule has 0 heterocycles. The van der Waals surface area contributed by atoms with E-state index >= 15 is 0 Å². The summed E-state index contributed by atoms with van der Waals surface area (Å²) in [6.07, 6.45) is 0. The smallest absolute Gasteiger partial charge is 0.739 e. The molecule has 6 nitrogen and oxygen atoms in total. The van der Waals surface area contributed by atoms with E-state index in [1.54, 1.807) is 0 Å². The molecule has 0 aromatic carbocycles. The Hall–Kier alpha value is 2.52. The first-order valence-electron chi connectivity index (χ1n) is 1.91. The molecule has 0 N–H and O–H groups in total. The van der Waals surface area contributed by atoms with Crippen LogP contribution in [0.5, 0.6) is 0 Å². The Morgan fingerprint density at radius 2 is 1.08 bits per heavy atom. The van der Waals surface area contributed by atoms with Gasteiger partial charge in [0.15, 0.2) is 0 Å². The van der Waals surface area contributed by atoms with Gasteiger partial charge in [0, 0.05) is 0 Å². The molecule has 0 saturated heterocycles. The maximum absolute atomic E-state index is 9.81. The first-order chi connectivity index (χ1) is 4.71. The van der Waals surface area contributed by atoms with Crippen LogP contribution in [0.3, 0.4) is 0 Å². The van der Waals surface area contributed by atoms with Crippen LogP contribution in [-0.2, 0) is 18.3 Å². The van der Waals surface area contributed by atoms with E-state index < -0.39 is 23.4 Å². The molecule has 12 heteroatoms. The average Bonchev–Trinajstić information content (AvgIpc) is 1.55. The predicted molar refractivity (Wildman–Crippen MR) is 39.4 cm³/mol. The Morgan fingerprint density at radius 1 is 0.846 bits per heavy atom. The molecule has 13 heavy (non-hydrogen) atoms. The second-order valence-corrected chi connectivity index (χ2v) is 8.08. The molecule has 0 aliphatic heterocycles. The zero-order valence-electron chi connectivity index (χ0n) is 6.79. The van der Waals surface area contributed by atoms with Crippen molar-refractivity contribution < 1.29 is 85.1 Å². The van der Waals surface area contributed by atoms with E-state index in [0.717, 1.165) is 0 Å². The van der Waals surface area contributed by atoms with Crippen LogP contribution in [0.1, 0.15) is 0 Å². The van der Waals surface area contributed by atoms with Crippen LogP contribution in [-0.4, -0.2) is 31.0 Å². The molecule has 0 bridgehead atoms. The molecule has 0 atom stereocenters. The van der Waals surface area contributed by atoms with Gasteiger partial charge in [-0.3, -0.25) is 0 Å². The Balaban J connectivity index is -0.000000500. The minimum atomic E-state index is -4.50. The number of hydrogen-bond donors (Lipinski definition) is 0. The first-order valence-corrected chi connectivity index (χ1v) is 7.73. The Morgan fingerprint density at radius 3 is 1.23 bits per heavy atom. The van der Waals surface area contributed by atoms with Crippen molar-refractivity contribution in [3.8, 4) is 0 Å². The van der Waals surface area contributed by atoms with Crippen molar-refractivity contribution in [3.63, 3.8) is 0 Å². The third kappa shape index (κ3) is 20.6. The largest absolute Gasteiger partial charge is 1.00 e. The van der Waals surface area contributed by atoms with Crippen molar-refractivity contribution in [1.82, 2.24) is 0 Å². The second-order valence-electron chi connectivity index (χ2n) is 1.17. The van der Waals surface area contributed by atoms with E-state index in [2.05, 4.69) is 0 Å². The quantitative estimate of drug-likeness (QED) is 0.217. The molecule has 0 saturated carbocycles. The predicted octanol–water partition coefficient (Wildman–Crippen LogP) is -6.66. The maximum atomic E-state index is 9.81. The molecule has 0 rings (SSSR count). The Bertz CT molecular complexity index is 272. The second kappa shape index (κ2) is 8.65. The van der Waals surface area contributed by atoms with Gasteiger partial charge in [-0.15, -0.1) is 0 Å². The van der Waals surface area contributed by atoms with Crippen molar-refractivity contribution in [2.24, 2.45) is 0 Å². The summed E-state index contributed by atoms with van der Waals surface area (Å²) in [5.41, 5.74) is 0. The summed E-state index contributed by atoms with van der Waals surface area (Å²) in [5, 5.41) is -0.600. The van der Waals surface area contributed by atoms with E-state index in [4.69, 9.17) is 0 Å². The van der Waals surface area contributed by atoms with Crippen LogP contribution in [0.15, 0.2) is 0 Å². The molecule has 0 radical (unpaired) electrons. The van der Waals surface area contributed by atoms with Crippen molar-refractivity contribution in [1.29, 1.82) is 0 Å². The molecule has 0 aliphatic rings. The first kappa shape index (κ1) is 20.9. The van der Waals surface area contributed by atoms with Crippen molar-refractivity contribution in [3.05, 3.63) is 0 Å². The fourth-order valence-electron chi connectivity index (χ4n) is 0.137. The molecular weight excluding hydrogens is 282 g/mol. The van der Waals surface area contributed by atoms with E-state index in [9.17, 15) is 25.9 Å². The van der Waals surface area contributed by atoms with E-state index in [0.29, 0.717) is 0 Å². The summed E-state index contributed by atoms with van der Waals surface area (Å²) in [6, 6.07) is 0. The van der Waals surface area contributed by atoms with Crippen molar-refractivity contribution in [2.45, 2.75) is 0 Å². The number of hydrogen-bond acceptors (Lipinski definition) is 8. The van der Waals surface area contributed by atoms with Crippen LogP contribution >= 0.6 is 21.6 Å². The van der Waals surface area contributed by atoms with E-state index in [1.807, 2.05) is 0 Å². The zero-order valence-corrected chi connectivity index (χ0v) is 14.1. The summed E-state index contributed by atoms with van der Waals surface area (Å²) in [6.45, 7) is 0. The third-order valence-corrected chi connectivity index (χ3v) is 5.20. The summed E-state index contributed by atoms with van der Waals surface area (Å²) in [4.78, 5) is 0. The van der Waals surface area contributed by atoms with Crippen molar-refractivity contribution in [2.75, 3.05) is 5.08 Å². The van der Waals surface area contributed by atoms with Gasteiger partial charge in [-0.25, -0.2) is 16.8 Å². The van der Waals surface area contributed by atoms with Gasteiger partial charge < -0.3 is 9.11 Å². The van der Waals surface area contributed by atoms with Gasteiger partial charge >= 0.3 is 59.1 Å². The van der Waals surface area contributed by atoms with Gasteiger partial charge in [0.25, 0.3) is 0 Å². The maximum Gasteiger partial charge on any atom is 1.00 e. The monoisotopic (exact) mass is 284 g/mol. The normalized spacial score (nSPS) is 11.2. The number of rotatable bonds is 4. The summed E-state index contributed by atoms with van der Waals surface area (Å²) < 4.78 is 58.9. The summed E-state index contributed by atoms with van der Waals surface area (Å²) >= 11 is 0. The van der Waals surface area contributed by atoms with Crippen LogP contribution in [0.4, 0.5) is 0 Å². The van der Waals surface area contributed by atoms with Gasteiger partial charge in [-0.2, -0.15) is 0 Å². The SMILES string of the molecule is O=S(=O)([O-])SCSS(=O)(=O)[O-].[Na+].[Na+]. The molecule has 0 amide bonds. The molecular formula is CH2Na2O6S4. The van der Waals surface area contributed by atoms with E-state index in [1.165, 1.54) is 0 Å². The van der Waals surface area contributed by atoms with Gasteiger partial charge in [0.1, 0.15) is 18.3 Å². The Kier molecular flexibility index (Phi) is 13.9. The molecule has 0 fully saturated rings. The van der Waals surface area contributed by atoms with Gasteiger partial charge in [-0.1, -0.05) is 0 Å². The average molecular weight is 284 g/mol. The third-order valence-electron chi connectivity index (χ3n) is 0.385. The fraction of sp³-hybridized carbons (Fsp3) is 1.00. The van der Waals surface area contributed by atoms with Gasteiger partial charge in [0.05, 0.1) is 5.08 Å². The standard InChI is InChI=1S/CH4O6S4.2Na/c2-10(3,4)8-1-9-11(5,6)7;;/h1H2,(H,2,3,4)(H,5,6,7);;/q;2*+1/p-2. The Labute approximate surface area is 128 Å². The molecule has 0 aliphatic carbocycles. The summed E-state index contributed by atoms with van der Waals surface area (Å²) in [7, 11) is -9.29. The molecule has 0 aromatic heterocycles. The van der Waals surface area contributed by atoms with Crippen molar-refractivity contribution >= 4 is 39.9 Å². The van der Waals surface area contributed by atoms with Gasteiger partial charge in [0.2, 0.25) is 0 Å². The molecule has 0 unspecified atom stereocenters.